The lowest BCUT2D eigenvalue weighted by atomic mass is 10.1. The minimum atomic E-state index is -3.91. The van der Waals surface area contributed by atoms with Gasteiger partial charge in [-0.15, -0.1) is 0 Å². The van der Waals surface area contributed by atoms with Gasteiger partial charge in [-0.2, -0.15) is 4.31 Å². The first kappa shape index (κ1) is 17.8. The van der Waals surface area contributed by atoms with Gasteiger partial charge in [0.1, 0.15) is 0 Å². The average molecular weight is 320 g/mol. The van der Waals surface area contributed by atoms with Crippen LogP contribution in [-0.4, -0.2) is 39.3 Å². The second kappa shape index (κ2) is 7.17. The summed E-state index contributed by atoms with van der Waals surface area (Å²) < 4.78 is 50.4. The number of benzene rings is 1. The van der Waals surface area contributed by atoms with Crippen LogP contribution in [0.3, 0.4) is 0 Å². The van der Waals surface area contributed by atoms with E-state index in [1.54, 1.807) is 26.0 Å². The minimum absolute atomic E-state index is 0.104. The van der Waals surface area contributed by atoms with Crippen LogP contribution in [0.2, 0.25) is 0 Å². The number of nitrogens with one attached hydrogen (secondary N) is 1. The summed E-state index contributed by atoms with van der Waals surface area (Å²) in [5, 5.41) is 3.19. The van der Waals surface area contributed by atoms with Crippen molar-refractivity contribution in [2.45, 2.75) is 38.5 Å². The molecule has 0 radical (unpaired) electrons. The van der Waals surface area contributed by atoms with Gasteiger partial charge in [-0.25, -0.2) is 17.2 Å². The third-order valence-electron chi connectivity index (χ3n) is 3.10. The maximum atomic E-state index is 12.4. The summed E-state index contributed by atoms with van der Waals surface area (Å²) >= 11 is 0. The van der Waals surface area contributed by atoms with Crippen molar-refractivity contribution in [2.24, 2.45) is 0 Å². The van der Waals surface area contributed by atoms with Crippen LogP contribution in [0.4, 0.5) is 14.5 Å². The highest BCUT2D eigenvalue weighted by atomic mass is 32.2. The van der Waals surface area contributed by atoms with Gasteiger partial charge < -0.3 is 5.32 Å². The molecule has 0 amide bonds. The summed E-state index contributed by atoms with van der Waals surface area (Å²) in [5.74, 6) is 0. The fourth-order valence-electron chi connectivity index (χ4n) is 2.18. The van der Waals surface area contributed by atoms with Crippen molar-refractivity contribution >= 4 is 15.7 Å². The normalized spacial score (nSPS) is 12.2. The molecule has 0 atom stereocenters. The zero-order valence-electron chi connectivity index (χ0n) is 12.8. The van der Waals surface area contributed by atoms with E-state index in [2.05, 4.69) is 5.32 Å². The summed E-state index contributed by atoms with van der Waals surface area (Å²) in [6, 6.07) is 3.46. The van der Waals surface area contributed by atoms with E-state index in [1.165, 1.54) is 7.05 Å². The van der Waals surface area contributed by atoms with Gasteiger partial charge in [0.25, 0.3) is 6.43 Å². The van der Waals surface area contributed by atoms with Crippen LogP contribution in [0, 0.1) is 13.8 Å². The molecular weight excluding hydrogens is 298 g/mol. The molecule has 0 aliphatic rings. The maximum Gasteiger partial charge on any atom is 0.252 e. The van der Waals surface area contributed by atoms with Crippen molar-refractivity contribution < 1.29 is 17.2 Å². The molecule has 1 rings (SSSR count). The van der Waals surface area contributed by atoms with Crippen LogP contribution in [0.5, 0.6) is 0 Å². The second-order valence-electron chi connectivity index (χ2n) is 5.04. The van der Waals surface area contributed by atoms with Crippen LogP contribution >= 0.6 is 0 Å². The number of halogens is 2. The molecule has 0 fully saturated rings. The number of aryl methyl sites for hydroxylation is 2. The molecule has 0 aliphatic carbocycles. The number of sulfonamides is 1. The Morgan fingerprint density at radius 2 is 1.76 bits per heavy atom. The lowest BCUT2D eigenvalue weighted by Crippen LogP contribution is -2.32. The van der Waals surface area contributed by atoms with Gasteiger partial charge in [0.2, 0.25) is 10.0 Å². The summed E-state index contributed by atoms with van der Waals surface area (Å²) in [6.07, 6.45) is -1.74. The van der Waals surface area contributed by atoms with E-state index >= 15 is 0 Å². The highest BCUT2D eigenvalue weighted by Gasteiger charge is 2.27. The molecule has 0 aromatic heterocycles. The van der Waals surface area contributed by atoms with E-state index in [0.29, 0.717) is 15.4 Å². The molecule has 7 heteroatoms. The molecule has 0 unspecified atom stereocenters. The van der Waals surface area contributed by atoms with Gasteiger partial charge in [-0.1, -0.05) is 6.92 Å². The fourth-order valence-corrected chi connectivity index (χ4v) is 3.73. The first-order valence-corrected chi connectivity index (χ1v) is 8.23. The molecular formula is C14H22F2N2O2S. The van der Waals surface area contributed by atoms with Crippen molar-refractivity contribution in [1.82, 2.24) is 4.31 Å². The first-order valence-electron chi connectivity index (χ1n) is 6.79. The molecule has 4 nitrogen and oxygen atoms in total. The van der Waals surface area contributed by atoms with Crippen molar-refractivity contribution in [3.8, 4) is 0 Å². The number of rotatable bonds is 7. The number of nitrogens with zero attached hydrogens (tertiary/aromatic N) is 1. The lowest BCUT2D eigenvalue weighted by molar-refractivity contribution is 0.126. The Hall–Kier alpha value is -1.21. The Kier molecular flexibility index (Phi) is 6.10. The van der Waals surface area contributed by atoms with Crippen LogP contribution in [0.25, 0.3) is 0 Å². The molecule has 0 spiro atoms. The Labute approximate surface area is 125 Å². The highest BCUT2D eigenvalue weighted by molar-refractivity contribution is 7.89. The quantitative estimate of drug-likeness (QED) is 0.840. The van der Waals surface area contributed by atoms with Crippen molar-refractivity contribution in [3.05, 3.63) is 23.3 Å². The van der Waals surface area contributed by atoms with E-state index in [0.717, 1.165) is 18.7 Å². The van der Waals surface area contributed by atoms with Gasteiger partial charge in [-0.05, 0) is 43.5 Å². The SMILES string of the molecule is CCCNc1cc(C)c(S(=O)(=O)N(C)CC(F)F)c(C)c1. The van der Waals surface area contributed by atoms with Gasteiger partial charge in [0.05, 0.1) is 11.4 Å². The standard InChI is InChI=1S/C14H22F2N2O2S/c1-5-6-17-12-7-10(2)14(11(3)8-12)21(19,20)18(4)9-13(15)16/h7-8,13,17H,5-6,9H2,1-4H3. The average Bonchev–Trinajstić information content (AvgIpc) is 2.34. The molecule has 1 aromatic rings. The molecule has 1 aromatic carbocycles. The Morgan fingerprint density at radius 3 is 2.19 bits per heavy atom. The third kappa shape index (κ3) is 4.38. The predicted octanol–water partition coefficient (Wildman–Crippen LogP) is 3.01. The van der Waals surface area contributed by atoms with Crippen molar-refractivity contribution in [1.29, 1.82) is 0 Å². The summed E-state index contributed by atoms with van der Waals surface area (Å²) in [6.45, 7) is 5.36. The van der Waals surface area contributed by atoms with Gasteiger partial charge in [0, 0.05) is 19.3 Å². The zero-order chi connectivity index (χ0) is 16.2. The lowest BCUT2D eigenvalue weighted by Gasteiger charge is -2.20. The molecule has 120 valence electrons. The highest BCUT2D eigenvalue weighted by Crippen LogP contribution is 2.27. The van der Waals surface area contributed by atoms with Crippen LogP contribution in [-0.2, 0) is 10.0 Å². The van der Waals surface area contributed by atoms with E-state index in [1.807, 2.05) is 6.92 Å². The monoisotopic (exact) mass is 320 g/mol. The molecule has 0 saturated carbocycles. The minimum Gasteiger partial charge on any atom is -0.385 e. The van der Waals surface area contributed by atoms with Crippen molar-refractivity contribution in [2.75, 3.05) is 25.5 Å². The Bertz CT molecular complexity index is 566. The number of anilines is 1. The number of hydrogen-bond acceptors (Lipinski definition) is 3. The van der Waals surface area contributed by atoms with E-state index in [-0.39, 0.29) is 4.90 Å². The molecule has 0 bridgehead atoms. The maximum absolute atomic E-state index is 12.4. The van der Waals surface area contributed by atoms with Crippen molar-refractivity contribution in [3.63, 3.8) is 0 Å². The number of hydrogen-bond donors (Lipinski definition) is 1. The molecule has 0 heterocycles. The largest absolute Gasteiger partial charge is 0.385 e. The molecule has 0 aliphatic heterocycles. The smallest absolute Gasteiger partial charge is 0.252 e. The van der Waals surface area contributed by atoms with Crippen LogP contribution in [0.1, 0.15) is 24.5 Å². The van der Waals surface area contributed by atoms with E-state index < -0.39 is 23.0 Å². The van der Waals surface area contributed by atoms with E-state index in [4.69, 9.17) is 0 Å². The summed E-state index contributed by atoms with van der Waals surface area (Å²) in [7, 11) is -2.74. The number of alkyl halides is 2. The van der Waals surface area contributed by atoms with E-state index in [9.17, 15) is 17.2 Å². The third-order valence-corrected chi connectivity index (χ3v) is 5.23. The topological polar surface area (TPSA) is 49.4 Å². The summed E-state index contributed by atoms with van der Waals surface area (Å²) in [5.41, 5.74) is 1.94. The van der Waals surface area contributed by atoms with Crippen LogP contribution in [0.15, 0.2) is 17.0 Å². The molecule has 21 heavy (non-hydrogen) atoms. The second-order valence-corrected chi connectivity index (χ2v) is 7.02. The van der Waals surface area contributed by atoms with Gasteiger partial charge >= 0.3 is 0 Å². The Morgan fingerprint density at radius 1 is 1.24 bits per heavy atom. The fraction of sp³-hybridized carbons (Fsp3) is 0.571. The predicted molar refractivity (Wildman–Crippen MR) is 80.5 cm³/mol. The molecule has 0 saturated heterocycles. The summed E-state index contributed by atoms with van der Waals surface area (Å²) in [4.78, 5) is 0.104. The van der Waals surface area contributed by atoms with Crippen LogP contribution < -0.4 is 5.32 Å². The molecule has 1 N–H and O–H groups in total. The van der Waals surface area contributed by atoms with Gasteiger partial charge in [-0.3, -0.25) is 0 Å². The zero-order valence-corrected chi connectivity index (χ0v) is 13.6. The van der Waals surface area contributed by atoms with Gasteiger partial charge in [0.15, 0.2) is 0 Å². The Balaban J connectivity index is 3.18. The first-order chi connectivity index (χ1) is 9.70.